The van der Waals surface area contributed by atoms with E-state index in [-0.39, 0.29) is 12.7 Å². The van der Waals surface area contributed by atoms with Gasteiger partial charge in [-0.05, 0) is 12.8 Å². The number of aliphatic hydroxyl groups excluding tert-OH is 1. The third-order valence-corrected chi connectivity index (χ3v) is 3.65. The number of rotatable bonds is 3. The molecule has 3 heterocycles. The van der Waals surface area contributed by atoms with E-state index in [0.717, 1.165) is 30.8 Å². The number of hydrogen-bond acceptors (Lipinski definition) is 6. The predicted octanol–water partition coefficient (Wildman–Crippen LogP) is -0.00250. The molecule has 0 radical (unpaired) electrons. The number of aromatic nitrogens is 2. The fourth-order valence-electron chi connectivity index (χ4n) is 2.75. The number of hydrogen-bond donors (Lipinski definition) is 1. The molecule has 98 valence electrons. The van der Waals surface area contributed by atoms with Crippen molar-refractivity contribution >= 4 is 5.82 Å². The summed E-state index contributed by atoms with van der Waals surface area (Å²) in [6.07, 6.45) is 3.25. The van der Waals surface area contributed by atoms with Gasteiger partial charge in [-0.25, -0.2) is 9.97 Å². The largest absolute Gasteiger partial charge is 0.481 e. The monoisotopic (exact) mass is 251 g/mol. The molecular formula is C12H17N3O3. The maximum absolute atomic E-state index is 9.11. The van der Waals surface area contributed by atoms with Gasteiger partial charge in [0.1, 0.15) is 12.1 Å². The van der Waals surface area contributed by atoms with Crippen LogP contribution in [0.3, 0.4) is 0 Å². The van der Waals surface area contributed by atoms with Crippen molar-refractivity contribution < 1.29 is 14.6 Å². The average molecular weight is 251 g/mol. The van der Waals surface area contributed by atoms with Crippen molar-refractivity contribution in [3.8, 4) is 5.88 Å². The van der Waals surface area contributed by atoms with Gasteiger partial charge in [0.15, 0.2) is 0 Å². The number of ether oxygens (including phenoxy) is 2. The van der Waals surface area contributed by atoms with Crippen LogP contribution >= 0.6 is 0 Å². The molecule has 0 aromatic carbocycles. The summed E-state index contributed by atoms with van der Waals surface area (Å²) in [5, 5.41) is 9.11. The molecule has 3 rings (SSSR count). The minimum Gasteiger partial charge on any atom is -0.481 e. The molecule has 18 heavy (non-hydrogen) atoms. The maximum atomic E-state index is 9.11. The van der Waals surface area contributed by atoms with Gasteiger partial charge in [-0.1, -0.05) is 0 Å². The first-order valence-corrected chi connectivity index (χ1v) is 6.20. The van der Waals surface area contributed by atoms with Crippen LogP contribution < -0.4 is 9.64 Å². The summed E-state index contributed by atoms with van der Waals surface area (Å²) in [7, 11) is 1.63. The van der Waals surface area contributed by atoms with Crippen molar-refractivity contribution in [1.29, 1.82) is 0 Å². The Bertz CT molecular complexity index is 441. The van der Waals surface area contributed by atoms with Crippen molar-refractivity contribution in [3.63, 3.8) is 0 Å². The van der Waals surface area contributed by atoms with Gasteiger partial charge in [-0.2, -0.15) is 0 Å². The van der Waals surface area contributed by atoms with Crippen LogP contribution in [0.15, 0.2) is 6.33 Å². The molecule has 0 aliphatic carbocycles. The minimum absolute atomic E-state index is 0.0391. The first-order valence-electron chi connectivity index (χ1n) is 6.20. The molecule has 6 nitrogen and oxygen atoms in total. The van der Waals surface area contributed by atoms with Crippen LogP contribution in [0.5, 0.6) is 5.88 Å². The SMILES string of the molecule is COc1ncnc2c1CCN2C1CO[C@H](CO)C1. The smallest absolute Gasteiger partial charge is 0.221 e. The molecule has 0 bridgehead atoms. The summed E-state index contributed by atoms with van der Waals surface area (Å²) < 4.78 is 10.8. The standard InChI is InChI=1S/C12H17N3O3/c1-17-12-10-2-3-15(11(10)13-7-14-12)8-4-9(5-16)18-6-8/h7-9,16H,2-6H2,1H3/t8?,9-/m0/s1. The highest BCUT2D eigenvalue weighted by Crippen LogP contribution is 2.34. The molecule has 2 aliphatic rings. The summed E-state index contributed by atoms with van der Waals surface area (Å²) in [5.74, 6) is 1.62. The highest BCUT2D eigenvalue weighted by molar-refractivity contribution is 5.56. The highest BCUT2D eigenvalue weighted by Gasteiger charge is 2.35. The molecule has 6 heteroatoms. The fraction of sp³-hybridized carbons (Fsp3) is 0.667. The van der Waals surface area contributed by atoms with E-state index in [1.54, 1.807) is 7.11 Å². The lowest BCUT2D eigenvalue weighted by Gasteiger charge is -2.24. The molecule has 1 N–H and O–H groups in total. The van der Waals surface area contributed by atoms with Crippen LogP contribution in [-0.2, 0) is 11.2 Å². The number of methoxy groups -OCH3 is 1. The van der Waals surface area contributed by atoms with Gasteiger partial charge in [0, 0.05) is 6.54 Å². The first-order chi connectivity index (χ1) is 8.83. The van der Waals surface area contributed by atoms with Crippen LogP contribution in [0, 0.1) is 0 Å². The van der Waals surface area contributed by atoms with Crippen LogP contribution in [0.2, 0.25) is 0 Å². The molecule has 1 aromatic rings. The topological polar surface area (TPSA) is 67.7 Å². The van der Waals surface area contributed by atoms with Crippen LogP contribution in [-0.4, -0.2) is 54.1 Å². The summed E-state index contributed by atoms with van der Waals surface area (Å²) in [5.41, 5.74) is 1.08. The zero-order valence-electron chi connectivity index (χ0n) is 10.4. The van der Waals surface area contributed by atoms with Gasteiger partial charge < -0.3 is 19.5 Å². The van der Waals surface area contributed by atoms with Crippen LogP contribution in [0.1, 0.15) is 12.0 Å². The van der Waals surface area contributed by atoms with E-state index in [9.17, 15) is 0 Å². The molecule has 2 aliphatic heterocycles. The average Bonchev–Trinajstić information content (AvgIpc) is 3.03. The summed E-state index contributed by atoms with van der Waals surface area (Å²) in [6, 6.07) is 0.294. The van der Waals surface area contributed by atoms with Gasteiger partial charge >= 0.3 is 0 Å². The van der Waals surface area contributed by atoms with E-state index in [0.29, 0.717) is 18.5 Å². The van der Waals surface area contributed by atoms with Crippen molar-refractivity contribution in [1.82, 2.24) is 9.97 Å². The number of nitrogens with zero attached hydrogens (tertiary/aromatic N) is 3. The van der Waals surface area contributed by atoms with Gasteiger partial charge in [-0.15, -0.1) is 0 Å². The molecule has 1 saturated heterocycles. The Morgan fingerprint density at radius 1 is 1.56 bits per heavy atom. The second-order valence-electron chi connectivity index (χ2n) is 4.66. The number of aliphatic hydroxyl groups is 1. The van der Waals surface area contributed by atoms with Crippen molar-refractivity contribution in [3.05, 3.63) is 11.9 Å². The summed E-state index contributed by atoms with van der Waals surface area (Å²) in [6.45, 7) is 1.65. The Labute approximate surface area is 106 Å². The third-order valence-electron chi connectivity index (χ3n) is 3.65. The normalized spacial score (nSPS) is 26.4. The lowest BCUT2D eigenvalue weighted by Crippen LogP contribution is -2.35. The van der Waals surface area contributed by atoms with E-state index in [1.165, 1.54) is 6.33 Å². The van der Waals surface area contributed by atoms with Crippen LogP contribution in [0.4, 0.5) is 5.82 Å². The van der Waals surface area contributed by atoms with Gasteiger partial charge in [-0.3, -0.25) is 0 Å². The van der Waals surface area contributed by atoms with E-state index < -0.39 is 0 Å². The summed E-state index contributed by atoms with van der Waals surface area (Å²) >= 11 is 0. The second-order valence-corrected chi connectivity index (χ2v) is 4.66. The number of anilines is 1. The van der Waals surface area contributed by atoms with E-state index in [1.807, 2.05) is 0 Å². The van der Waals surface area contributed by atoms with Gasteiger partial charge in [0.05, 0.1) is 38.0 Å². The molecule has 0 saturated carbocycles. The second kappa shape index (κ2) is 4.70. The maximum Gasteiger partial charge on any atom is 0.221 e. The molecule has 1 fully saturated rings. The first kappa shape index (κ1) is 11.7. The lowest BCUT2D eigenvalue weighted by molar-refractivity contribution is 0.0584. The Kier molecular flexibility index (Phi) is 3.05. The summed E-state index contributed by atoms with van der Waals surface area (Å²) in [4.78, 5) is 10.7. The van der Waals surface area contributed by atoms with Gasteiger partial charge in [0.2, 0.25) is 5.88 Å². The highest BCUT2D eigenvalue weighted by atomic mass is 16.5. The number of fused-ring (bicyclic) bond motifs is 1. The lowest BCUT2D eigenvalue weighted by atomic mass is 10.1. The van der Waals surface area contributed by atoms with Crippen LogP contribution in [0.25, 0.3) is 0 Å². The molecule has 0 spiro atoms. The third kappa shape index (κ3) is 1.81. The zero-order chi connectivity index (χ0) is 12.5. The molecule has 2 atom stereocenters. The zero-order valence-corrected chi connectivity index (χ0v) is 10.4. The van der Waals surface area contributed by atoms with E-state index in [4.69, 9.17) is 14.6 Å². The van der Waals surface area contributed by atoms with E-state index >= 15 is 0 Å². The Balaban J connectivity index is 1.83. The molecular weight excluding hydrogens is 234 g/mol. The van der Waals surface area contributed by atoms with E-state index in [2.05, 4.69) is 14.9 Å². The van der Waals surface area contributed by atoms with Crippen molar-refractivity contribution in [2.24, 2.45) is 0 Å². The Morgan fingerprint density at radius 2 is 2.44 bits per heavy atom. The quantitative estimate of drug-likeness (QED) is 0.815. The Morgan fingerprint density at radius 3 is 3.17 bits per heavy atom. The predicted molar refractivity (Wildman–Crippen MR) is 64.9 cm³/mol. The molecule has 0 amide bonds. The Hall–Kier alpha value is -1.40. The van der Waals surface area contributed by atoms with Gasteiger partial charge in [0.25, 0.3) is 0 Å². The fourth-order valence-corrected chi connectivity index (χ4v) is 2.75. The van der Waals surface area contributed by atoms with Crippen molar-refractivity contribution in [2.75, 3.05) is 31.8 Å². The minimum atomic E-state index is -0.0391. The van der Waals surface area contributed by atoms with Crippen molar-refractivity contribution in [2.45, 2.75) is 25.0 Å². The molecule has 1 aromatic heterocycles. The molecule has 1 unspecified atom stereocenters.